The number of halogens is 6. The van der Waals surface area contributed by atoms with Crippen molar-refractivity contribution in [1.82, 2.24) is 10.3 Å². The van der Waals surface area contributed by atoms with E-state index in [1.54, 1.807) is 13.1 Å². The van der Waals surface area contributed by atoms with Gasteiger partial charge < -0.3 is 10.6 Å². The van der Waals surface area contributed by atoms with Crippen molar-refractivity contribution in [3.05, 3.63) is 82.7 Å². The number of likely N-dealkylation sites (N-methyl/N-ethyl adjacent to an activating group) is 1. The zero-order valence-electron chi connectivity index (χ0n) is 22.8. The van der Waals surface area contributed by atoms with E-state index in [-0.39, 0.29) is 12.0 Å². The molecule has 0 radical (unpaired) electrons. The molecular formula is C30H29F6N3O2. The molecule has 3 aromatic rings. The van der Waals surface area contributed by atoms with Gasteiger partial charge in [0.15, 0.2) is 5.78 Å². The minimum atomic E-state index is -5.03. The Morgan fingerprint density at radius 1 is 0.878 bits per heavy atom. The number of aryl methyl sites for hydroxylation is 1. The molecule has 2 aromatic carbocycles. The van der Waals surface area contributed by atoms with Crippen molar-refractivity contribution in [2.24, 2.45) is 0 Å². The number of amides is 1. The van der Waals surface area contributed by atoms with Crippen LogP contribution in [0.25, 0.3) is 11.1 Å². The molecule has 0 atom stereocenters. The molecule has 1 aliphatic rings. The van der Waals surface area contributed by atoms with Crippen LogP contribution in [0.3, 0.4) is 0 Å². The predicted molar refractivity (Wildman–Crippen MR) is 142 cm³/mol. The van der Waals surface area contributed by atoms with E-state index in [0.717, 1.165) is 11.1 Å². The smallest absolute Gasteiger partial charge is 0.376 e. The SMILES string of the molecule is CNC(=O)C1(c2cc(-c3ccccc3C)c(NCC(=O)C(C)(C)c3cc(C(F)(F)F)cc(C(F)(F)F)c3)cn2)CC1. The first-order valence-electron chi connectivity index (χ1n) is 12.9. The summed E-state index contributed by atoms with van der Waals surface area (Å²) >= 11 is 0. The van der Waals surface area contributed by atoms with Crippen molar-refractivity contribution < 1.29 is 35.9 Å². The lowest BCUT2D eigenvalue weighted by molar-refractivity contribution is -0.143. The minimum Gasteiger partial charge on any atom is -0.376 e. The molecule has 41 heavy (non-hydrogen) atoms. The molecule has 0 bridgehead atoms. The topological polar surface area (TPSA) is 71.1 Å². The maximum absolute atomic E-state index is 13.4. The van der Waals surface area contributed by atoms with Crippen LogP contribution in [-0.2, 0) is 32.8 Å². The number of ketones is 1. The van der Waals surface area contributed by atoms with Crippen molar-refractivity contribution in [2.75, 3.05) is 18.9 Å². The van der Waals surface area contributed by atoms with Crippen molar-refractivity contribution >= 4 is 17.4 Å². The highest BCUT2D eigenvalue weighted by Gasteiger charge is 2.52. The number of hydrogen-bond acceptors (Lipinski definition) is 4. The second-order valence-electron chi connectivity index (χ2n) is 10.8. The van der Waals surface area contributed by atoms with Gasteiger partial charge in [0.25, 0.3) is 0 Å². The Bertz CT molecular complexity index is 1460. The first-order valence-corrected chi connectivity index (χ1v) is 12.9. The Hall–Kier alpha value is -3.89. The van der Waals surface area contributed by atoms with Gasteiger partial charge in [0, 0.05) is 12.6 Å². The lowest BCUT2D eigenvalue weighted by Gasteiger charge is -2.27. The molecule has 1 amide bonds. The van der Waals surface area contributed by atoms with E-state index in [2.05, 4.69) is 15.6 Å². The van der Waals surface area contributed by atoms with Gasteiger partial charge in [0.2, 0.25) is 5.91 Å². The highest BCUT2D eigenvalue weighted by molar-refractivity contribution is 5.94. The van der Waals surface area contributed by atoms with Crippen LogP contribution in [0.1, 0.15) is 54.6 Å². The summed E-state index contributed by atoms with van der Waals surface area (Å²) in [4.78, 5) is 30.4. The monoisotopic (exact) mass is 577 g/mol. The van der Waals surface area contributed by atoms with Crippen molar-refractivity contribution in [3.63, 3.8) is 0 Å². The number of carbonyl (C=O) groups is 2. The number of Topliss-reactive ketones (excluding diaryl/α,β-unsaturated/α-hetero) is 1. The Labute approximate surface area is 233 Å². The van der Waals surface area contributed by atoms with Gasteiger partial charge in [-0.05, 0) is 74.6 Å². The van der Waals surface area contributed by atoms with Crippen LogP contribution in [0.15, 0.2) is 54.7 Å². The number of pyridine rings is 1. The van der Waals surface area contributed by atoms with E-state index in [1.165, 1.54) is 20.0 Å². The Balaban J connectivity index is 1.68. The molecule has 1 heterocycles. The fraction of sp³-hybridized carbons (Fsp3) is 0.367. The number of hydrogen-bond donors (Lipinski definition) is 2. The Morgan fingerprint density at radius 3 is 1.95 bits per heavy atom. The summed E-state index contributed by atoms with van der Waals surface area (Å²) in [5.41, 5.74) is -2.43. The summed E-state index contributed by atoms with van der Waals surface area (Å²) in [6.07, 6.45) is -7.31. The van der Waals surface area contributed by atoms with E-state index in [1.807, 2.05) is 31.2 Å². The van der Waals surface area contributed by atoms with Gasteiger partial charge in [-0.25, -0.2) is 0 Å². The largest absolute Gasteiger partial charge is 0.416 e. The van der Waals surface area contributed by atoms with E-state index in [0.29, 0.717) is 41.9 Å². The number of benzene rings is 2. The number of nitrogens with one attached hydrogen (secondary N) is 2. The third kappa shape index (κ3) is 5.94. The highest BCUT2D eigenvalue weighted by atomic mass is 19.4. The average Bonchev–Trinajstić information content (AvgIpc) is 3.72. The summed E-state index contributed by atoms with van der Waals surface area (Å²) in [5, 5.41) is 5.66. The number of carbonyl (C=O) groups excluding carboxylic acids is 2. The van der Waals surface area contributed by atoms with Gasteiger partial charge in [0.1, 0.15) is 0 Å². The molecule has 5 nitrogen and oxygen atoms in total. The molecular weight excluding hydrogens is 548 g/mol. The first kappa shape index (κ1) is 30.1. The van der Waals surface area contributed by atoms with Gasteiger partial charge >= 0.3 is 12.4 Å². The molecule has 0 saturated heterocycles. The molecule has 218 valence electrons. The molecule has 1 fully saturated rings. The molecule has 0 aliphatic heterocycles. The number of aromatic nitrogens is 1. The van der Waals surface area contributed by atoms with Crippen molar-refractivity contribution in [2.45, 2.75) is 56.8 Å². The normalized spacial score (nSPS) is 14.9. The van der Waals surface area contributed by atoms with Gasteiger partial charge in [-0.2, -0.15) is 26.3 Å². The molecule has 2 N–H and O–H groups in total. The molecule has 1 saturated carbocycles. The van der Waals surface area contributed by atoms with E-state index in [4.69, 9.17) is 0 Å². The fourth-order valence-corrected chi connectivity index (χ4v) is 4.79. The van der Waals surface area contributed by atoms with E-state index >= 15 is 0 Å². The summed E-state index contributed by atoms with van der Waals surface area (Å²) in [7, 11) is 1.55. The molecule has 1 aliphatic carbocycles. The van der Waals surface area contributed by atoms with Crippen LogP contribution < -0.4 is 10.6 Å². The minimum absolute atomic E-state index is 0.0371. The van der Waals surface area contributed by atoms with Crippen molar-refractivity contribution in [3.8, 4) is 11.1 Å². The second-order valence-corrected chi connectivity index (χ2v) is 10.8. The fourth-order valence-electron chi connectivity index (χ4n) is 4.79. The summed E-state index contributed by atoms with van der Waals surface area (Å²) in [5.74, 6) is -0.786. The van der Waals surface area contributed by atoms with Gasteiger partial charge in [0.05, 0.1) is 46.1 Å². The lowest BCUT2D eigenvalue weighted by atomic mass is 9.79. The molecule has 0 spiro atoms. The first-order chi connectivity index (χ1) is 19.0. The number of alkyl halides is 6. The predicted octanol–water partition coefficient (Wildman–Crippen LogP) is 6.83. The van der Waals surface area contributed by atoms with Crippen LogP contribution >= 0.6 is 0 Å². The van der Waals surface area contributed by atoms with Crippen LogP contribution in [0.4, 0.5) is 32.0 Å². The third-order valence-electron chi connectivity index (χ3n) is 7.69. The molecule has 4 rings (SSSR count). The standard InChI is InChI=1S/C30H29F6N3O2/c1-17-7-5-6-8-21(17)22-14-24(28(9-10-28)26(41)37-4)39-15-23(22)38-16-25(40)27(2,3)18-11-19(29(31,32)33)13-20(12-18)30(34,35)36/h5-8,11-15,38H,9-10,16H2,1-4H3,(H,37,41). The number of nitrogens with zero attached hydrogens (tertiary/aromatic N) is 1. The maximum atomic E-state index is 13.4. The summed E-state index contributed by atoms with van der Waals surface area (Å²) in [6, 6.07) is 10.4. The van der Waals surface area contributed by atoms with Crippen LogP contribution in [0, 0.1) is 6.92 Å². The quantitative estimate of drug-likeness (QED) is 0.288. The third-order valence-corrected chi connectivity index (χ3v) is 7.69. The zero-order chi connectivity index (χ0) is 30.4. The second kappa shape index (κ2) is 10.5. The Morgan fingerprint density at radius 2 is 1.44 bits per heavy atom. The van der Waals surface area contributed by atoms with Crippen LogP contribution in [-0.4, -0.2) is 30.3 Å². The number of rotatable bonds is 8. The van der Waals surface area contributed by atoms with E-state index in [9.17, 15) is 35.9 Å². The van der Waals surface area contributed by atoms with Gasteiger partial charge in [-0.1, -0.05) is 24.3 Å². The molecule has 1 aromatic heterocycles. The van der Waals surface area contributed by atoms with Gasteiger partial charge in [-0.15, -0.1) is 0 Å². The summed E-state index contributed by atoms with van der Waals surface area (Å²) in [6.45, 7) is 4.07. The van der Waals surface area contributed by atoms with Gasteiger partial charge in [-0.3, -0.25) is 14.6 Å². The van der Waals surface area contributed by atoms with Crippen molar-refractivity contribution in [1.29, 1.82) is 0 Å². The lowest BCUT2D eigenvalue weighted by Crippen LogP contribution is -2.35. The van der Waals surface area contributed by atoms with E-state index < -0.39 is 52.2 Å². The van der Waals surface area contributed by atoms with Crippen LogP contribution in [0.5, 0.6) is 0 Å². The Kier molecular flexibility index (Phi) is 7.70. The number of anilines is 1. The maximum Gasteiger partial charge on any atom is 0.416 e. The molecule has 11 heteroatoms. The van der Waals surface area contributed by atoms with Crippen LogP contribution in [0.2, 0.25) is 0 Å². The summed E-state index contributed by atoms with van der Waals surface area (Å²) < 4.78 is 80.6. The molecule has 0 unspecified atom stereocenters. The average molecular weight is 578 g/mol. The zero-order valence-corrected chi connectivity index (χ0v) is 22.8. The highest BCUT2D eigenvalue weighted by Crippen LogP contribution is 2.49.